The Morgan fingerprint density at radius 3 is 2.32 bits per heavy atom. The van der Waals surface area contributed by atoms with Crippen molar-refractivity contribution in [3.63, 3.8) is 0 Å². The van der Waals surface area contributed by atoms with E-state index in [-0.39, 0.29) is 17.4 Å². The smallest absolute Gasteiger partial charge is 0.123 e. The van der Waals surface area contributed by atoms with E-state index in [9.17, 15) is 4.39 Å². The van der Waals surface area contributed by atoms with Crippen molar-refractivity contribution in [3.05, 3.63) is 35.6 Å². The Labute approximate surface area is 115 Å². The summed E-state index contributed by atoms with van der Waals surface area (Å²) in [5.41, 5.74) is 1.13. The number of nitrogens with zero attached hydrogens (tertiary/aromatic N) is 1. The lowest BCUT2D eigenvalue weighted by atomic mass is 9.86. The molecular weight excluding hydrogens is 241 g/mol. The maximum atomic E-state index is 13.1. The fraction of sp³-hybridized carbons (Fsp3) is 0.600. The fourth-order valence-corrected chi connectivity index (χ4v) is 3.01. The van der Waals surface area contributed by atoms with Gasteiger partial charge in [0.15, 0.2) is 0 Å². The molecule has 0 radical (unpaired) electrons. The van der Waals surface area contributed by atoms with E-state index in [1.54, 1.807) is 0 Å². The van der Waals surface area contributed by atoms with E-state index in [0.29, 0.717) is 0 Å². The molecule has 1 heterocycles. The second kappa shape index (κ2) is 5.99. The Morgan fingerprint density at radius 1 is 1.21 bits per heavy atom. The van der Waals surface area contributed by atoms with Crippen molar-refractivity contribution in [1.29, 1.82) is 0 Å². The van der Waals surface area contributed by atoms with E-state index < -0.39 is 0 Å². The van der Waals surface area contributed by atoms with E-state index >= 15 is 0 Å². The summed E-state index contributed by atoms with van der Waals surface area (Å²) >= 11 is 0. The van der Waals surface area contributed by atoms with Crippen LogP contribution in [-0.2, 0) is 0 Å². The zero-order valence-corrected chi connectivity index (χ0v) is 12.0. The third-order valence-corrected chi connectivity index (χ3v) is 4.13. The van der Waals surface area contributed by atoms with Crippen LogP contribution in [0.5, 0.6) is 0 Å². The lowest BCUT2D eigenvalue weighted by molar-refractivity contribution is 0.0699. The summed E-state index contributed by atoms with van der Waals surface area (Å²) in [5, 5.41) is 6.77. The maximum Gasteiger partial charge on any atom is 0.123 e. The quantitative estimate of drug-likeness (QED) is 0.869. The molecule has 1 saturated heterocycles. The number of benzene rings is 1. The van der Waals surface area contributed by atoms with Gasteiger partial charge in [0.25, 0.3) is 0 Å². The Morgan fingerprint density at radius 2 is 1.79 bits per heavy atom. The first-order valence-corrected chi connectivity index (χ1v) is 6.94. The van der Waals surface area contributed by atoms with Gasteiger partial charge in [-0.15, -0.1) is 0 Å². The molecule has 2 N–H and O–H groups in total. The average molecular weight is 265 g/mol. The first-order chi connectivity index (χ1) is 9.05. The molecule has 0 bridgehead atoms. The number of nitrogens with one attached hydrogen (secondary N) is 2. The standard InChI is InChI=1S/C15H24FN3/c1-15(2,19-10-8-18-9-11-19)14(17-3)12-4-6-13(16)7-5-12/h4-7,14,17-18H,8-11H2,1-3H3. The minimum absolute atomic E-state index is 0.00528. The van der Waals surface area contributed by atoms with Gasteiger partial charge in [0.2, 0.25) is 0 Å². The molecular formula is C15H24FN3. The zero-order valence-electron chi connectivity index (χ0n) is 12.0. The van der Waals surface area contributed by atoms with Crippen molar-refractivity contribution in [3.8, 4) is 0 Å². The van der Waals surface area contributed by atoms with Crippen molar-refractivity contribution in [2.75, 3.05) is 33.2 Å². The van der Waals surface area contributed by atoms with Crippen LogP contribution in [0.3, 0.4) is 0 Å². The van der Waals surface area contributed by atoms with Crippen LogP contribution in [0.4, 0.5) is 4.39 Å². The summed E-state index contributed by atoms with van der Waals surface area (Å²) in [5.74, 6) is -0.182. The summed E-state index contributed by atoms with van der Waals surface area (Å²) in [4.78, 5) is 2.49. The van der Waals surface area contributed by atoms with Gasteiger partial charge in [-0.3, -0.25) is 4.90 Å². The second-order valence-corrected chi connectivity index (χ2v) is 5.66. The van der Waals surface area contributed by atoms with Crippen molar-refractivity contribution in [2.24, 2.45) is 0 Å². The first kappa shape index (κ1) is 14.4. The molecule has 1 fully saturated rings. The molecule has 1 aromatic rings. The Hall–Kier alpha value is -0.970. The van der Waals surface area contributed by atoms with E-state index in [1.165, 1.54) is 12.1 Å². The number of likely N-dealkylation sites (N-methyl/N-ethyl adjacent to an activating group) is 1. The van der Waals surface area contributed by atoms with Crippen molar-refractivity contribution in [2.45, 2.75) is 25.4 Å². The van der Waals surface area contributed by atoms with Crippen molar-refractivity contribution >= 4 is 0 Å². The molecule has 1 unspecified atom stereocenters. The Kier molecular flexibility index (Phi) is 4.55. The van der Waals surface area contributed by atoms with E-state index in [0.717, 1.165) is 31.7 Å². The molecule has 1 aliphatic rings. The van der Waals surface area contributed by atoms with Crippen LogP contribution in [0.15, 0.2) is 24.3 Å². The lowest BCUT2D eigenvalue weighted by Gasteiger charge is -2.46. The summed E-state index contributed by atoms with van der Waals surface area (Å²) in [6, 6.07) is 7.01. The molecule has 1 aliphatic heterocycles. The number of rotatable bonds is 4. The molecule has 1 atom stereocenters. The number of hydrogen-bond donors (Lipinski definition) is 2. The number of piperazine rings is 1. The SMILES string of the molecule is CNC(c1ccc(F)cc1)C(C)(C)N1CCNCC1. The number of hydrogen-bond acceptors (Lipinski definition) is 3. The predicted octanol–water partition coefficient (Wildman–Crippen LogP) is 1.77. The van der Waals surface area contributed by atoms with Gasteiger partial charge in [0, 0.05) is 37.8 Å². The topological polar surface area (TPSA) is 27.3 Å². The molecule has 0 saturated carbocycles. The second-order valence-electron chi connectivity index (χ2n) is 5.66. The zero-order chi connectivity index (χ0) is 13.9. The van der Waals surface area contributed by atoms with E-state index in [4.69, 9.17) is 0 Å². The normalized spacial score (nSPS) is 19.4. The van der Waals surface area contributed by atoms with Crippen LogP contribution in [0.2, 0.25) is 0 Å². The van der Waals surface area contributed by atoms with Crippen LogP contribution >= 0.6 is 0 Å². The van der Waals surface area contributed by atoms with Crippen molar-refractivity contribution < 1.29 is 4.39 Å². The van der Waals surface area contributed by atoms with Gasteiger partial charge in [0.1, 0.15) is 5.82 Å². The van der Waals surface area contributed by atoms with Gasteiger partial charge in [-0.25, -0.2) is 4.39 Å². The number of halogens is 1. The first-order valence-electron chi connectivity index (χ1n) is 6.94. The largest absolute Gasteiger partial charge is 0.314 e. The minimum atomic E-state index is -0.182. The van der Waals surface area contributed by atoms with Gasteiger partial charge in [-0.1, -0.05) is 12.1 Å². The highest BCUT2D eigenvalue weighted by atomic mass is 19.1. The molecule has 3 nitrogen and oxygen atoms in total. The molecule has 0 amide bonds. The molecule has 19 heavy (non-hydrogen) atoms. The third-order valence-electron chi connectivity index (χ3n) is 4.13. The van der Waals surface area contributed by atoms with E-state index in [2.05, 4.69) is 29.4 Å². The maximum absolute atomic E-state index is 13.1. The molecule has 0 spiro atoms. The van der Waals surface area contributed by atoms with Crippen molar-refractivity contribution in [1.82, 2.24) is 15.5 Å². The summed E-state index contributed by atoms with van der Waals surface area (Å²) in [6.07, 6.45) is 0. The Balaban J connectivity index is 2.21. The molecule has 106 valence electrons. The highest BCUT2D eigenvalue weighted by molar-refractivity contribution is 5.23. The van der Waals surface area contributed by atoms with Gasteiger partial charge in [-0.2, -0.15) is 0 Å². The highest BCUT2D eigenvalue weighted by Gasteiger charge is 2.35. The average Bonchev–Trinajstić information content (AvgIpc) is 2.42. The molecule has 4 heteroatoms. The van der Waals surface area contributed by atoms with E-state index in [1.807, 2.05) is 19.2 Å². The van der Waals surface area contributed by atoms with Gasteiger partial charge in [0.05, 0.1) is 0 Å². The third kappa shape index (κ3) is 3.14. The summed E-state index contributed by atoms with van der Waals surface area (Å²) < 4.78 is 13.1. The van der Waals surface area contributed by atoms with Crippen LogP contribution in [0.1, 0.15) is 25.5 Å². The summed E-state index contributed by atoms with van der Waals surface area (Å²) in [6.45, 7) is 8.66. The molecule has 0 aromatic heterocycles. The monoisotopic (exact) mass is 265 g/mol. The van der Waals surface area contributed by atoms with Crippen LogP contribution < -0.4 is 10.6 Å². The highest BCUT2D eigenvalue weighted by Crippen LogP contribution is 2.31. The van der Waals surface area contributed by atoms with Gasteiger partial charge in [-0.05, 0) is 38.6 Å². The fourth-order valence-electron chi connectivity index (χ4n) is 3.01. The van der Waals surface area contributed by atoms with Gasteiger partial charge >= 0.3 is 0 Å². The van der Waals surface area contributed by atoms with Crippen LogP contribution in [-0.4, -0.2) is 43.7 Å². The summed E-state index contributed by atoms with van der Waals surface area (Å²) in [7, 11) is 1.97. The van der Waals surface area contributed by atoms with Crippen LogP contribution in [0.25, 0.3) is 0 Å². The predicted molar refractivity (Wildman–Crippen MR) is 76.7 cm³/mol. The molecule has 1 aromatic carbocycles. The van der Waals surface area contributed by atoms with Crippen LogP contribution in [0, 0.1) is 5.82 Å². The minimum Gasteiger partial charge on any atom is -0.314 e. The Bertz CT molecular complexity index is 396. The molecule has 0 aliphatic carbocycles. The molecule has 2 rings (SSSR count). The lowest BCUT2D eigenvalue weighted by Crippen LogP contribution is -2.58. The van der Waals surface area contributed by atoms with Gasteiger partial charge < -0.3 is 10.6 Å².